The number of fused-ring (bicyclic) bond motifs is 1. The Hall–Kier alpha value is -3.19. The molecule has 200 valence electrons. The number of nitrogens with one attached hydrogen (secondary N) is 1. The first-order valence-corrected chi connectivity index (χ1v) is 11.7. The molecule has 1 N–H and O–H groups in total. The second-order valence-corrected chi connectivity index (χ2v) is 9.25. The van der Waals surface area contributed by atoms with E-state index in [1.54, 1.807) is 0 Å². The molecule has 2 aromatic carbocycles. The van der Waals surface area contributed by atoms with Gasteiger partial charge in [0, 0.05) is 63.1 Å². The third-order valence-corrected chi connectivity index (χ3v) is 6.78. The number of nitrogens with zero attached hydrogens (tertiary/aromatic N) is 3. The minimum atomic E-state index is -4.98. The fourth-order valence-electron chi connectivity index (χ4n) is 4.72. The first-order chi connectivity index (χ1) is 17.5. The summed E-state index contributed by atoms with van der Waals surface area (Å²) in [6.07, 6.45) is -9.96. The molecule has 0 saturated carbocycles. The summed E-state index contributed by atoms with van der Waals surface area (Å²) in [6.45, 7) is 4.77. The van der Waals surface area contributed by atoms with Gasteiger partial charge in [-0.2, -0.15) is 26.3 Å². The Morgan fingerprint density at radius 2 is 1.57 bits per heavy atom. The molecular weight excluding hydrogens is 506 g/mol. The van der Waals surface area contributed by atoms with Gasteiger partial charge in [-0.25, -0.2) is 4.79 Å². The Kier molecular flexibility index (Phi) is 6.61. The number of anilines is 1. The van der Waals surface area contributed by atoms with E-state index < -0.39 is 35.2 Å². The quantitative estimate of drug-likeness (QED) is 0.591. The number of halogens is 6. The van der Waals surface area contributed by atoms with Gasteiger partial charge in [-0.1, -0.05) is 12.1 Å². The first-order valence-electron chi connectivity index (χ1n) is 11.7. The summed E-state index contributed by atoms with van der Waals surface area (Å²) >= 11 is 0. The number of rotatable bonds is 4. The van der Waals surface area contributed by atoms with Crippen LogP contribution in [0.4, 0.5) is 36.8 Å². The van der Waals surface area contributed by atoms with Crippen molar-refractivity contribution in [2.75, 3.05) is 51.4 Å². The Balaban J connectivity index is 1.12. The van der Waals surface area contributed by atoms with E-state index in [2.05, 4.69) is 15.1 Å². The van der Waals surface area contributed by atoms with Crippen LogP contribution in [0.2, 0.25) is 0 Å². The van der Waals surface area contributed by atoms with E-state index in [0.717, 1.165) is 49.8 Å². The number of urea groups is 1. The topological polar surface area (TPSA) is 57.3 Å². The van der Waals surface area contributed by atoms with Crippen molar-refractivity contribution >= 4 is 11.7 Å². The lowest BCUT2D eigenvalue weighted by Gasteiger charge is -2.48. The summed E-state index contributed by atoms with van der Waals surface area (Å²) in [7, 11) is 0. The number of hydrogen-bond acceptors (Lipinski definition) is 5. The summed E-state index contributed by atoms with van der Waals surface area (Å²) in [6, 6.07) is 6.18. The molecule has 0 aliphatic carbocycles. The molecule has 13 heteroatoms. The highest BCUT2D eigenvalue weighted by Gasteiger charge is 2.39. The van der Waals surface area contributed by atoms with Gasteiger partial charge in [0.15, 0.2) is 11.5 Å². The zero-order valence-electron chi connectivity index (χ0n) is 19.5. The number of benzene rings is 2. The van der Waals surface area contributed by atoms with Crippen molar-refractivity contribution in [2.45, 2.75) is 24.9 Å². The van der Waals surface area contributed by atoms with Gasteiger partial charge in [-0.05, 0) is 24.3 Å². The summed E-state index contributed by atoms with van der Waals surface area (Å²) in [4.78, 5) is 18.4. The maximum Gasteiger partial charge on any atom is 0.416 e. The van der Waals surface area contributed by atoms with Crippen LogP contribution < -0.4 is 14.8 Å². The summed E-state index contributed by atoms with van der Waals surface area (Å²) in [5.41, 5.74) is -2.45. The largest absolute Gasteiger partial charge is 0.454 e. The Labute approximate surface area is 208 Å². The average Bonchev–Trinajstić information content (AvgIpc) is 3.28. The van der Waals surface area contributed by atoms with E-state index in [1.807, 2.05) is 18.2 Å². The molecule has 0 spiro atoms. The van der Waals surface area contributed by atoms with Gasteiger partial charge in [0.25, 0.3) is 0 Å². The van der Waals surface area contributed by atoms with E-state index >= 15 is 0 Å². The Morgan fingerprint density at radius 3 is 2.19 bits per heavy atom. The molecule has 3 aliphatic heterocycles. The van der Waals surface area contributed by atoms with E-state index in [1.165, 1.54) is 4.90 Å². The number of amides is 2. The van der Waals surface area contributed by atoms with Crippen LogP contribution in [0.3, 0.4) is 0 Å². The van der Waals surface area contributed by atoms with E-state index in [-0.39, 0.29) is 18.9 Å². The van der Waals surface area contributed by atoms with Crippen LogP contribution >= 0.6 is 0 Å². The van der Waals surface area contributed by atoms with E-state index in [0.29, 0.717) is 25.2 Å². The molecule has 0 radical (unpaired) electrons. The average molecular weight is 530 g/mol. The SMILES string of the molecule is O=C(Nc1cc(C(F)(F)F)cc(C(F)(F)F)c1)N1CC(N2CCN(Cc3cccc4c3OCO4)CC2)C1. The highest BCUT2D eigenvalue weighted by molar-refractivity contribution is 5.90. The van der Waals surface area contributed by atoms with Crippen molar-refractivity contribution in [1.82, 2.24) is 14.7 Å². The molecule has 37 heavy (non-hydrogen) atoms. The Morgan fingerprint density at radius 1 is 0.919 bits per heavy atom. The fourth-order valence-corrected chi connectivity index (χ4v) is 4.72. The maximum atomic E-state index is 13.1. The van der Waals surface area contributed by atoms with Crippen molar-refractivity contribution in [3.8, 4) is 11.5 Å². The van der Waals surface area contributed by atoms with Crippen LogP contribution in [0.15, 0.2) is 36.4 Å². The zero-order chi connectivity index (χ0) is 26.4. The third kappa shape index (κ3) is 5.57. The minimum Gasteiger partial charge on any atom is -0.454 e. The summed E-state index contributed by atoms with van der Waals surface area (Å²) in [5.74, 6) is 1.51. The van der Waals surface area contributed by atoms with Crippen LogP contribution in [-0.2, 0) is 18.9 Å². The molecule has 3 aliphatic rings. The number of likely N-dealkylation sites (tertiary alicyclic amines) is 1. The molecule has 0 atom stereocenters. The molecule has 3 heterocycles. The van der Waals surface area contributed by atoms with Crippen LogP contribution in [0.25, 0.3) is 0 Å². The predicted octanol–water partition coefficient (Wildman–Crippen LogP) is 4.49. The molecule has 2 amide bonds. The molecule has 0 bridgehead atoms. The normalized spacial score (nSPS) is 19.1. The number of carbonyl (C=O) groups is 1. The van der Waals surface area contributed by atoms with Crippen LogP contribution in [-0.4, -0.2) is 72.8 Å². The van der Waals surface area contributed by atoms with Crippen LogP contribution in [0, 0.1) is 0 Å². The summed E-state index contributed by atoms with van der Waals surface area (Å²) in [5, 5.41) is 2.19. The van der Waals surface area contributed by atoms with Crippen molar-refractivity contribution < 1.29 is 40.6 Å². The van der Waals surface area contributed by atoms with Gasteiger partial charge >= 0.3 is 18.4 Å². The first kappa shape index (κ1) is 25.5. The molecule has 2 aromatic rings. The highest BCUT2D eigenvalue weighted by Crippen LogP contribution is 2.38. The van der Waals surface area contributed by atoms with Crippen molar-refractivity contribution in [3.05, 3.63) is 53.1 Å². The van der Waals surface area contributed by atoms with Crippen LogP contribution in [0.5, 0.6) is 11.5 Å². The molecule has 5 rings (SSSR count). The van der Waals surface area contributed by atoms with Gasteiger partial charge in [0.05, 0.1) is 11.1 Å². The lowest BCUT2D eigenvalue weighted by atomic mass is 10.1. The molecular formula is C24H24F6N4O3. The van der Waals surface area contributed by atoms with Crippen LogP contribution in [0.1, 0.15) is 16.7 Å². The smallest absolute Gasteiger partial charge is 0.416 e. The van der Waals surface area contributed by atoms with Gasteiger partial charge in [-0.15, -0.1) is 0 Å². The standard InChI is InChI=1S/C24H24F6N4O3/c25-23(26,27)16-8-17(24(28,29)30)10-18(9-16)31-22(35)34-12-19(13-34)33-6-4-32(5-7-33)11-15-2-1-3-20-21(15)37-14-36-20/h1-3,8-10,19H,4-7,11-14H2,(H,31,35). The van der Waals surface area contributed by atoms with Gasteiger partial charge < -0.3 is 19.7 Å². The van der Waals surface area contributed by atoms with Gasteiger partial charge in [-0.3, -0.25) is 9.80 Å². The molecule has 7 nitrogen and oxygen atoms in total. The minimum absolute atomic E-state index is 0.0287. The highest BCUT2D eigenvalue weighted by atomic mass is 19.4. The van der Waals surface area contributed by atoms with E-state index in [9.17, 15) is 31.1 Å². The lowest BCUT2D eigenvalue weighted by molar-refractivity contribution is -0.143. The maximum absolute atomic E-state index is 13.1. The number of hydrogen-bond donors (Lipinski definition) is 1. The number of piperazine rings is 1. The number of para-hydroxylation sites is 1. The van der Waals surface area contributed by atoms with Gasteiger partial charge in [0.2, 0.25) is 6.79 Å². The molecule has 2 saturated heterocycles. The monoisotopic (exact) mass is 530 g/mol. The van der Waals surface area contributed by atoms with Crippen molar-refractivity contribution in [1.29, 1.82) is 0 Å². The second-order valence-electron chi connectivity index (χ2n) is 9.25. The lowest BCUT2D eigenvalue weighted by Crippen LogP contribution is -2.64. The number of ether oxygens (including phenoxy) is 2. The third-order valence-electron chi connectivity index (χ3n) is 6.78. The predicted molar refractivity (Wildman–Crippen MR) is 120 cm³/mol. The number of carbonyl (C=O) groups excluding carboxylic acids is 1. The zero-order valence-corrected chi connectivity index (χ0v) is 19.5. The molecule has 0 unspecified atom stereocenters. The summed E-state index contributed by atoms with van der Waals surface area (Å²) < 4.78 is 89.4. The second kappa shape index (κ2) is 9.60. The van der Waals surface area contributed by atoms with E-state index in [4.69, 9.17) is 9.47 Å². The molecule has 2 fully saturated rings. The van der Waals surface area contributed by atoms with Gasteiger partial charge in [0.1, 0.15) is 0 Å². The number of alkyl halides is 6. The van der Waals surface area contributed by atoms with Crippen molar-refractivity contribution in [2.24, 2.45) is 0 Å². The Bertz CT molecular complexity index is 1130. The fraction of sp³-hybridized carbons (Fsp3) is 0.458. The van der Waals surface area contributed by atoms with Crippen molar-refractivity contribution in [3.63, 3.8) is 0 Å². The molecule has 0 aromatic heterocycles.